The second-order valence-electron chi connectivity index (χ2n) is 6.85. The van der Waals surface area contributed by atoms with E-state index in [1.807, 2.05) is 48.9 Å². The quantitative estimate of drug-likeness (QED) is 0.726. The van der Waals surface area contributed by atoms with Crippen molar-refractivity contribution < 1.29 is 9.53 Å². The molecular formula is C21H20N4O2. The fourth-order valence-electron chi connectivity index (χ4n) is 3.34. The first-order valence-electron chi connectivity index (χ1n) is 8.87. The molecule has 0 bridgehead atoms. The molecule has 4 rings (SSSR count). The number of hydrogen-bond acceptors (Lipinski definition) is 4. The van der Waals surface area contributed by atoms with Crippen LogP contribution in [-0.4, -0.2) is 33.1 Å². The molecule has 3 heterocycles. The van der Waals surface area contributed by atoms with Crippen LogP contribution in [0.4, 0.5) is 0 Å². The van der Waals surface area contributed by atoms with Crippen LogP contribution >= 0.6 is 0 Å². The number of aromatic nitrogens is 3. The molecule has 3 aromatic rings. The summed E-state index contributed by atoms with van der Waals surface area (Å²) in [6, 6.07) is 9.60. The zero-order chi connectivity index (χ0) is 19.0. The van der Waals surface area contributed by atoms with E-state index in [0.717, 1.165) is 27.9 Å². The van der Waals surface area contributed by atoms with Gasteiger partial charge in [-0.15, -0.1) is 6.42 Å². The van der Waals surface area contributed by atoms with E-state index in [1.165, 1.54) is 0 Å². The highest BCUT2D eigenvalue weighted by molar-refractivity contribution is 5.84. The van der Waals surface area contributed by atoms with Gasteiger partial charge in [-0.1, -0.05) is 18.1 Å². The summed E-state index contributed by atoms with van der Waals surface area (Å²) >= 11 is 0. The maximum Gasteiger partial charge on any atom is 0.241 e. The van der Waals surface area contributed by atoms with Crippen LogP contribution in [0.3, 0.4) is 0 Å². The van der Waals surface area contributed by atoms with Crippen LogP contribution in [0.15, 0.2) is 36.7 Å². The zero-order valence-electron chi connectivity index (χ0n) is 15.3. The Kier molecular flexibility index (Phi) is 4.28. The summed E-state index contributed by atoms with van der Waals surface area (Å²) in [7, 11) is 1.91. The number of imidazole rings is 1. The summed E-state index contributed by atoms with van der Waals surface area (Å²) in [6.07, 6.45) is 7.51. The molecule has 1 aliphatic rings. The first-order valence-corrected chi connectivity index (χ1v) is 8.87. The fraction of sp³-hybridized carbons (Fsp3) is 0.286. The van der Waals surface area contributed by atoms with Crippen molar-refractivity contribution in [2.24, 2.45) is 13.0 Å². The van der Waals surface area contributed by atoms with Crippen LogP contribution in [0.1, 0.15) is 18.9 Å². The van der Waals surface area contributed by atoms with Crippen LogP contribution in [0.5, 0.6) is 5.88 Å². The van der Waals surface area contributed by atoms with E-state index >= 15 is 0 Å². The molecule has 1 saturated heterocycles. The average molecular weight is 360 g/mol. The highest BCUT2D eigenvalue weighted by atomic mass is 16.5. The molecule has 1 aromatic carbocycles. The summed E-state index contributed by atoms with van der Waals surface area (Å²) in [5.74, 6) is 3.33. The van der Waals surface area contributed by atoms with E-state index in [9.17, 15) is 4.79 Å². The summed E-state index contributed by atoms with van der Waals surface area (Å²) in [5, 5.41) is 2.85. The van der Waals surface area contributed by atoms with Crippen molar-refractivity contribution in [1.82, 2.24) is 19.9 Å². The molecule has 6 heteroatoms. The second-order valence-corrected chi connectivity index (χ2v) is 6.85. The number of terminal acetylenes is 1. The number of rotatable bonds is 4. The van der Waals surface area contributed by atoms with Crippen molar-refractivity contribution >= 4 is 16.9 Å². The van der Waals surface area contributed by atoms with Gasteiger partial charge in [-0.2, -0.15) is 0 Å². The molecule has 0 unspecified atom stereocenters. The van der Waals surface area contributed by atoms with Crippen molar-refractivity contribution in [2.75, 3.05) is 6.54 Å². The molecule has 2 aromatic heterocycles. The van der Waals surface area contributed by atoms with E-state index in [0.29, 0.717) is 18.8 Å². The molecule has 136 valence electrons. The van der Waals surface area contributed by atoms with Crippen molar-refractivity contribution in [3.63, 3.8) is 0 Å². The Balaban J connectivity index is 1.72. The minimum absolute atomic E-state index is 0.0662. The van der Waals surface area contributed by atoms with Crippen molar-refractivity contribution in [3.8, 4) is 29.5 Å². The van der Waals surface area contributed by atoms with Gasteiger partial charge in [0.1, 0.15) is 11.6 Å². The average Bonchev–Trinajstić information content (AvgIpc) is 3.28. The molecule has 1 N–H and O–H groups in total. The topological polar surface area (TPSA) is 69.0 Å². The lowest BCUT2D eigenvalue weighted by atomic mass is 10.0. The number of ether oxygens (including phenoxy) is 1. The number of fused-ring (bicyclic) bond motifs is 1. The molecule has 1 fully saturated rings. The minimum Gasteiger partial charge on any atom is -0.473 e. The van der Waals surface area contributed by atoms with Gasteiger partial charge in [0.25, 0.3) is 0 Å². The van der Waals surface area contributed by atoms with Crippen LogP contribution in [-0.2, 0) is 11.8 Å². The Labute approximate surface area is 157 Å². The Morgan fingerprint density at radius 1 is 1.37 bits per heavy atom. The summed E-state index contributed by atoms with van der Waals surface area (Å²) in [5.41, 5.74) is 4.18. The lowest BCUT2D eigenvalue weighted by molar-refractivity contribution is -0.119. The van der Waals surface area contributed by atoms with Crippen molar-refractivity contribution in [3.05, 3.63) is 42.2 Å². The Morgan fingerprint density at radius 3 is 2.81 bits per heavy atom. The van der Waals surface area contributed by atoms with E-state index in [1.54, 1.807) is 6.33 Å². The van der Waals surface area contributed by atoms with Gasteiger partial charge in [-0.05, 0) is 25.1 Å². The Morgan fingerprint density at radius 2 is 2.15 bits per heavy atom. The molecule has 1 aliphatic heterocycles. The molecular weight excluding hydrogens is 340 g/mol. The number of pyridine rings is 1. The number of aryl methyl sites for hydroxylation is 1. The third-order valence-corrected chi connectivity index (χ3v) is 4.98. The molecule has 0 saturated carbocycles. The first kappa shape index (κ1) is 17.1. The molecule has 0 aliphatic carbocycles. The monoisotopic (exact) mass is 360 g/mol. The zero-order valence-corrected chi connectivity index (χ0v) is 15.3. The number of hydrogen-bond donors (Lipinski definition) is 1. The van der Waals surface area contributed by atoms with Gasteiger partial charge in [-0.3, -0.25) is 4.79 Å². The minimum atomic E-state index is -0.145. The molecule has 2 atom stereocenters. The lowest BCUT2D eigenvalue weighted by Gasteiger charge is -2.20. The van der Waals surface area contributed by atoms with Crippen LogP contribution in [0, 0.1) is 18.3 Å². The fourth-order valence-corrected chi connectivity index (χ4v) is 3.34. The van der Waals surface area contributed by atoms with E-state index in [-0.39, 0.29) is 17.9 Å². The van der Waals surface area contributed by atoms with Crippen LogP contribution in [0.2, 0.25) is 0 Å². The highest BCUT2D eigenvalue weighted by Crippen LogP contribution is 2.30. The lowest BCUT2D eigenvalue weighted by Crippen LogP contribution is -2.26. The van der Waals surface area contributed by atoms with E-state index in [2.05, 4.69) is 16.2 Å². The van der Waals surface area contributed by atoms with Gasteiger partial charge in [-0.25, -0.2) is 9.97 Å². The second kappa shape index (κ2) is 6.76. The molecule has 27 heavy (non-hydrogen) atoms. The van der Waals surface area contributed by atoms with Gasteiger partial charge in [0.05, 0.1) is 17.5 Å². The highest BCUT2D eigenvalue weighted by Gasteiger charge is 2.29. The van der Waals surface area contributed by atoms with Gasteiger partial charge >= 0.3 is 0 Å². The predicted octanol–water partition coefficient (Wildman–Crippen LogP) is 2.52. The van der Waals surface area contributed by atoms with E-state index < -0.39 is 0 Å². The maximum absolute atomic E-state index is 11.5. The summed E-state index contributed by atoms with van der Waals surface area (Å²) in [4.78, 5) is 20.7. The van der Waals surface area contributed by atoms with Gasteiger partial charge < -0.3 is 14.6 Å². The number of carbonyl (C=O) groups excluding carboxylic acids is 1. The standard InChI is InChI=1S/C21H20N4O2/c1-4-14-5-7-15(8-6-14)17-10-18-20(25(3)12-23-18)21(24-17)27-13(2)16-9-19(26)22-11-16/h1,5-8,10,12-13,16H,9,11H2,2-3H3,(H,22,26)/t13-,16-/m1/s1. The summed E-state index contributed by atoms with van der Waals surface area (Å²) in [6.45, 7) is 2.60. The number of amides is 1. The number of nitrogens with one attached hydrogen (secondary N) is 1. The predicted molar refractivity (Wildman–Crippen MR) is 103 cm³/mol. The molecule has 0 radical (unpaired) electrons. The largest absolute Gasteiger partial charge is 0.473 e. The van der Waals surface area contributed by atoms with E-state index in [4.69, 9.17) is 16.1 Å². The summed E-state index contributed by atoms with van der Waals surface area (Å²) < 4.78 is 8.11. The Bertz CT molecular complexity index is 1050. The van der Waals surface area contributed by atoms with Crippen LogP contribution in [0.25, 0.3) is 22.3 Å². The number of carbonyl (C=O) groups is 1. The molecule has 0 spiro atoms. The maximum atomic E-state index is 11.5. The smallest absolute Gasteiger partial charge is 0.241 e. The molecule has 6 nitrogen and oxygen atoms in total. The van der Waals surface area contributed by atoms with Crippen molar-refractivity contribution in [2.45, 2.75) is 19.4 Å². The number of nitrogens with zero attached hydrogens (tertiary/aromatic N) is 3. The van der Waals surface area contributed by atoms with Gasteiger partial charge in [0, 0.05) is 37.1 Å². The molecule has 1 amide bonds. The van der Waals surface area contributed by atoms with Crippen LogP contribution < -0.4 is 10.1 Å². The SMILES string of the molecule is C#Cc1ccc(-c2cc3ncn(C)c3c(O[C@H](C)[C@H]3CNC(=O)C3)n2)cc1. The normalized spacial score (nSPS) is 17.5. The Hall–Kier alpha value is -3.33. The van der Waals surface area contributed by atoms with Crippen molar-refractivity contribution in [1.29, 1.82) is 0 Å². The first-order chi connectivity index (χ1) is 13.0. The third-order valence-electron chi connectivity index (χ3n) is 4.98. The van der Waals surface area contributed by atoms with Gasteiger partial charge in [0.15, 0.2) is 0 Å². The third kappa shape index (κ3) is 3.24. The number of benzene rings is 1. The van der Waals surface area contributed by atoms with Gasteiger partial charge in [0.2, 0.25) is 11.8 Å².